The molecule has 1 fully saturated rings. The monoisotopic (exact) mass is 311 g/mol. The zero-order chi connectivity index (χ0) is 16.5. The van der Waals surface area contributed by atoms with E-state index in [1.807, 2.05) is 18.2 Å². The molecule has 0 saturated carbocycles. The molecule has 0 aromatic heterocycles. The van der Waals surface area contributed by atoms with E-state index in [1.54, 1.807) is 12.1 Å². The minimum Gasteiger partial charge on any atom is -0.352 e. The van der Waals surface area contributed by atoms with E-state index in [2.05, 4.69) is 23.2 Å². The number of likely N-dealkylation sites (tertiary alicyclic amines) is 1. The Bertz CT molecular complexity index is 583. The topological polar surface area (TPSA) is 56.1 Å². The van der Waals surface area contributed by atoms with Crippen molar-refractivity contribution < 1.29 is 4.79 Å². The van der Waals surface area contributed by atoms with Crippen LogP contribution in [0.2, 0.25) is 0 Å². The summed E-state index contributed by atoms with van der Waals surface area (Å²) >= 11 is 0. The standard InChI is InChI=1S/C19H25N3O/c1-16(15-22-11-5-2-6-12-22)14-21-19(23)10-9-17-7-3-4-8-18(17)13-20/h3-4,7-10,16H,2,5-6,11-12,14-15H2,1H3,(H,21,23)/b10-9+. The number of nitriles is 1. The van der Waals surface area contributed by atoms with Gasteiger partial charge in [-0.2, -0.15) is 5.26 Å². The van der Waals surface area contributed by atoms with E-state index in [0.29, 0.717) is 18.0 Å². The van der Waals surface area contributed by atoms with Crippen LogP contribution in [-0.4, -0.2) is 37.0 Å². The van der Waals surface area contributed by atoms with E-state index in [4.69, 9.17) is 5.26 Å². The fourth-order valence-electron chi connectivity index (χ4n) is 2.89. The maximum absolute atomic E-state index is 11.9. The van der Waals surface area contributed by atoms with Gasteiger partial charge in [-0.15, -0.1) is 0 Å². The third-order valence-electron chi connectivity index (χ3n) is 4.14. The van der Waals surface area contributed by atoms with Crippen LogP contribution in [0.15, 0.2) is 30.3 Å². The van der Waals surface area contributed by atoms with Crippen LogP contribution in [0, 0.1) is 17.2 Å². The van der Waals surface area contributed by atoms with Crippen molar-refractivity contribution in [3.63, 3.8) is 0 Å². The molecule has 23 heavy (non-hydrogen) atoms. The highest BCUT2D eigenvalue weighted by atomic mass is 16.1. The van der Waals surface area contributed by atoms with Gasteiger partial charge in [-0.05, 0) is 49.6 Å². The van der Waals surface area contributed by atoms with Crippen LogP contribution in [0.25, 0.3) is 6.08 Å². The summed E-state index contributed by atoms with van der Waals surface area (Å²) in [4.78, 5) is 14.4. The summed E-state index contributed by atoms with van der Waals surface area (Å²) in [7, 11) is 0. The van der Waals surface area contributed by atoms with E-state index in [9.17, 15) is 4.79 Å². The largest absolute Gasteiger partial charge is 0.352 e. The van der Waals surface area contributed by atoms with E-state index >= 15 is 0 Å². The molecule has 1 N–H and O–H groups in total. The Morgan fingerprint density at radius 2 is 2.09 bits per heavy atom. The second-order valence-electron chi connectivity index (χ2n) is 6.24. The van der Waals surface area contributed by atoms with Crippen molar-refractivity contribution in [2.75, 3.05) is 26.2 Å². The van der Waals surface area contributed by atoms with Gasteiger partial charge in [-0.1, -0.05) is 31.5 Å². The molecule has 1 aliphatic rings. The van der Waals surface area contributed by atoms with Crippen LogP contribution >= 0.6 is 0 Å². The molecule has 4 nitrogen and oxygen atoms in total. The summed E-state index contributed by atoms with van der Waals surface area (Å²) in [6, 6.07) is 9.39. The lowest BCUT2D eigenvalue weighted by atomic mass is 10.1. The SMILES string of the molecule is CC(CNC(=O)/C=C/c1ccccc1C#N)CN1CCCCC1. The van der Waals surface area contributed by atoms with Crippen LogP contribution in [-0.2, 0) is 4.79 Å². The molecule has 1 amide bonds. The van der Waals surface area contributed by atoms with Crippen LogP contribution in [0.4, 0.5) is 0 Å². The van der Waals surface area contributed by atoms with Crippen molar-refractivity contribution in [2.45, 2.75) is 26.2 Å². The van der Waals surface area contributed by atoms with E-state index in [-0.39, 0.29) is 5.91 Å². The Hall–Kier alpha value is -2.12. The molecule has 1 atom stereocenters. The smallest absolute Gasteiger partial charge is 0.244 e. The molecular weight excluding hydrogens is 286 g/mol. The number of hydrogen-bond acceptors (Lipinski definition) is 3. The zero-order valence-electron chi connectivity index (χ0n) is 13.8. The first-order valence-corrected chi connectivity index (χ1v) is 8.36. The average molecular weight is 311 g/mol. The number of benzene rings is 1. The Balaban J connectivity index is 1.76. The lowest BCUT2D eigenvalue weighted by Crippen LogP contribution is -2.37. The van der Waals surface area contributed by atoms with Gasteiger partial charge in [-0.3, -0.25) is 4.79 Å². The maximum Gasteiger partial charge on any atom is 0.244 e. The average Bonchev–Trinajstić information content (AvgIpc) is 2.59. The molecule has 1 saturated heterocycles. The highest BCUT2D eigenvalue weighted by Crippen LogP contribution is 2.11. The van der Waals surface area contributed by atoms with Gasteiger partial charge in [0, 0.05) is 19.2 Å². The molecule has 0 aliphatic carbocycles. The summed E-state index contributed by atoms with van der Waals surface area (Å²) in [5.74, 6) is 0.333. The van der Waals surface area contributed by atoms with E-state index < -0.39 is 0 Å². The van der Waals surface area contributed by atoms with Gasteiger partial charge >= 0.3 is 0 Å². The molecule has 0 spiro atoms. The maximum atomic E-state index is 11.9. The van der Waals surface area contributed by atoms with E-state index in [0.717, 1.165) is 12.1 Å². The number of hydrogen-bond donors (Lipinski definition) is 1. The van der Waals surface area contributed by atoms with Gasteiger partial charge in [0.1, 0.15) is 0 Å². The first kappa shape index (κ1) is 17.2. The van der Waals surface area contributed by atoms with Gasteiger partial charge in [0.25, 0.3) is 0 Å². The molecular formula is C19H25N3O. The normalized spacial score (nSPS) is 16.9. The Morgan fingerprint density at radius 3 is 2.83 bits per heavy atom. The number of carbonyl (C=O) groups excluding carboxylic acids is 1. The second kappa shape index (κ2) is 9.12. The molecule has 1 aromatic carbocycles. The molecule has 1 heterocycles. The summed E-state index contributed by atoms with van der Waals surface area (Å²) < 4.78 is 0. The minimum absolute atomic E-state index is 0.108. The number of piperidine rings is 1. The summed E-state index contributed by atoms with van der Waals surface area (Å²) in [6.45, 7) is 6.26. The summed E-state index contributed by atoms with van der Waals surface area (Å²) in [5.41, 5.74) is 1.35. The predicted octanol–water partition coefficient (Wildman–Crippen LogP) is 2.81. The van der Waals surface area contributed by atoms with Crippen molar-refractivity contribution in [3.8, 4) is 6.07 Å². The number of nitrogens with zero attached hydrogens (tertiary/aromatic N) is 2. The third kappa shape index (κ3) is 5.88. The van der Waals surface area contributed by atoms with Gasteiger partial charge in [-0.25, -0.2) is 0 Å². The first-order chi connectivity index (χ1) is 11.2. The molecule has 2 rings (SSSR count). The molecule has 122 valence electrons. The number of rotatable bonds is 6. The number of nitrogens with one attached hydrogen (secondary N) is 1. The zero-order valence-corrected chi connectivity index (χ0v) is 13.8. The van der Waals surface area contributed by atoms with Crippen molar-refractivity contribution in [1.29, 1.82) is 5.26 Å². The molecule has 1 aliphatic heterocycles. The van der Waals surface area contributed by atoms with Gasteiger partial charge in [0.2, 0.25) is 5.91 Å². The van der Waals surface area contributed by atoms with Crippen molar-refractivity contribution in [2.24, 2.45) is 5.92 Å². The van der Waals surface area contributed by atoms with Crippen molar-refractivity contribution in [1.82, 2.24) is 10.2 Å². The van der Waals surface area contributed by atoms with Crippen molar-refractivity contribution >= 4 is 12.0 Å². The molecule has 1 unspecified atom stereocenters. The van der Waals surface area contributed by atoms with Crippen molar-refractivity contribution in [3.05, 3.63) is 41.5 Å². The van der Waals surface area contributed by atoms with Gasteiger partial charge < -0.3 is 10.2 Å². The fraction of sp³-hybridized carbons (Fsp3) is 0.474. The Morgan fingerprint density at radius 1 is 1.35 bits per heavy atom. The lowest BCUT2D eigenvalue weighted by molar-refractivity contribution is -0.116. The molecule has 1 aromatic rings. The Labute approximate surface area is 138 Å². The highest BCUT2D eigenvalue weighted by molar-refractivity contribution is 5.92. The summed E-state index contributed by atoms with van der Waals surface area (Å²) in [6.07, 6.45) is 7.13. The minimum atomic E-state index is -0.108. The number of carbonyl (C=O) groups is 1. The molecule has 0 bridgehead atoms. The van der Waals surface area contributed by atoms with Crippen LogP contribution < -0.4 is 5.32 Å². The highest BCUT2D eigenvalue weighted by Gasteiger charge is 2.13. The van der Waals surface area contributed by atoms with Gasteiger partial charge in [0.15, 0.2) is 0 Å². The van der Waals surface area contributed by atoms with Crippen LogP contribution in [0.5, 0.6) is 0 Å². The fourth-order valence-corrected chi connectivity index (χ4v) is 2.89. The summed E-state index contributed by atoms with van der Waals surface area (Å²) in [5, 5.41) is 12.0. The Kier molecular flexibility index (Phi) is 6.83. The van der Waals surface area contributed by atoms with Gasteiger partial charge in [0.05, 0.1) is 11.6 Å². The number of amides is 1. The first-order valence-electron chi connectivity index (χ1n) is 8.36. The third-order valence-corrected chi connectivity index (χ3v) is 4.14. The van der Waals surface area contributed by atoms with E-state index in [1.165, 1.54) is 38.4 Å². The molecule has 0 radical (unpaired) electrons. The second-order valence-corrected chi connectivity index (χ2v) is 6.24. The van der Waals surface area contributed by atoms with Crippen LogP contribution in [0.3, 0.4) is 0 Å². The van der Waals surface area contributed by atoms with Crippen LogP contribution in [0.1, 0.15) is 37.3 Å². The molecule has 4 heteroatoms. The lowest BCUT2D eigenvalue weighted by Gasteiger charge is -2.29. The predicted molar refractivity (Wildman–Crippen MR) is 92.7 cm³/mol. The quantitative estimate of drug-likeness (QED) is 0.822.